The lowest BCUT2D eigenvalue weighted by atomic mass is 9.83. The SMILES string of the molecule is CCCCc1cnc(C#N)c(C(F)(F)F)c1.c1ccc([C@@H]2CCOC3(CCCC3)C2)nc1. The quantitative estimate of drug-likeness (QED) is 0.532. The molecule has 0 aromatic carbocycles. The van der Waals surface area contributed by atoms with Crippen LogP contribution in [0.2, 0.25) is 0 Å². The molecule has 1 saturated carbocycles. The number of ether oxygens (including phenoxy) is 1. The first-order chi connectivity index (χ1) is 15.4. The Labute approximate surface area is 187 Å². The van der Waals surface area contributed by atoms with Crippen LogP contribution in [0.15, 0.2) is 36.7 Å². The number of nitriles is 1. The molecule has 2 aromatic heterocycles. The Morgan fingerprint density at radius 1 is 1.22 bits per heavy atom. The predicted octanol–water partition coefficient (Wildman–Crippen LogP) is 6.60. The van der Waals surface area contributed by atoms with Crippen molar-refractivity contribution in [2.24, 2.45) is 0 Å². The molecular weight excluding hydrogens is 415 g/mol. The van der Waals surface area contributed by atoms with Gasteiger partial charge in [0.1, 0.15) is 6.07 Å². The zero-order chi connectivity index (χ0) is 23.0. The lowest BCUT2D eigenvalue weighted by molar-refractivity contribution is -0.138. The van der Waals surface area contributed by atoms with Crippen LogP contribution in [0.5, 0.6) is 0 Å². The Balaban J connectivity index is 0.000000181. The molecule has 0 bridgehead atoms. The molecule has 4 rings (SSSR count). The van der Waals surface area contributed by atoms with Gasteiger partial charge in [0.15, 0.2) is 5.69 Å². The van der Waals surface area contributed by atoms with E-state index in [1.54, 1.807) is 0 Å². The standard InChI is InChI=1S/C14H19NO.C11H11F3N2/c1-4-9-15-13(5-1)12-6-10-16-14(11-12)7-2-3-8-14;1-2-3-4-8-5-9(11(12,13)14)10(6-15)16-7-8/h1,4-5,9,12H,2-3,6-8,10-11H2;5,7H,2-4H2,1H3/t12-;/m1./s1. The molecule has 0 amide bonds. The van der Waals surface area contributed by atoms with E-state index in [0.29, 0.717) is 17.9 Å². The van der Waals surface area contributed by atoms with Crippen LogP contribution < -0.4 is 0 Å². The van der Waals surface area contributed by atoms with Crippen LogP contribution in [-0.2, 0) is 17.3 Å². The third-order valence-electron chi connectivity index (χ3n) is 6.29. The van der Waals surface area contributed by atoms with Gasteiger partial charge in [0, 0.05) is 30.6 Å². The summed E-state index contributed by atoms with van der Waals surface area (Å²) in [5.41, 5.74) is 0.488. The van der Waals surface area contributed by atoms with E-state index in [9.17, 15) is 13.2 Å². The van der Waals surface area contributed by atoms with Crippen LogP contribution in [0, 0.1) is 11.3 Å². The summed E-state index contributed by atoms with van der Waals surface area (Å²) in [4.78, 5) is 8.04. The fourth-order valence-electron chi connectivity index (χ4n) is 4.60. The normalized spacial score (nSPS) is 19.8. The highest BCUT2D eigenvalue weighted by atomic mass is 19.4. The van der Waals surface area contributed by atoms with Gasteiger partial charge in [-0.25, -0.2) is 4.98 Å². The van der Waals surface area contributed by atoms with E-state index in [1.165, 1.54) is 50.1 Å². The number of nitrogens with zero attached hydrogens (tertiary/aromatic N) is 3. The van der Waals surface area contributed by atoms with Gasteiger partial charge in [0.05, 0.1) is 11.2 Å². The zero-order valence-electron chi connectivity index (χ0n) is 18.5. The van der Waals surface area contributed by atoms with E-state index in [0.717, 1.165) is 31.9 Å². The smallest absolute Gasteiger partial charge is 0.375 e. The van der Waals surface area contributed by atoms with Crippen LogP contribution in [-0.4, -0.2) is 22.2 Å². The maximum absolute atomic E-state index is 12.5. The highest BCUT2D eigenvalue weighted by Gasteiger charge is 2.40. The molecule has 0 unspecified atom stereocenters. The van der Waals surface area contributed by atoms with Gasteiger partial charge in [-0.3, -0.25) is 4.98 Å². The Kier molecular flexibility index (Phi) is 8.25. The maximum atomic E-state index is 12.5. The molecule has 7 heteroatoms. The molecule has 3 heterocycles. The average Bonchev–Trinajstić information content (AvgIpc) is 3.25. The predicted molar refractivity (Wildman–Crippen MR) is 116 cm³/mol. The van der Waals surface area contributed by atoms with Gasteiger partial charge in [-0.1, -0.05) is 32.3 Å². The number of unbranched alkanes of at least 4 members (excludes halogenated alkanes) is 1. The Morgan fingerprint density at radius 2 is 2.00 bits per heavy atom. The second kappa shape index (κ2) is 10.9. The minimum Gasteiger partial charge on any atom is -0.375 e. The molecule has 32 heavy (non-hydrogen) atoms. The topological polar surface area (TPSA) is 58.8 Å². The van der Waals surface area contributed by atoms with Crippen molar-refractivity contribution in [1.82, 2.24) is 9.97 Å². The molecule has 1 aliphatic heterocycles. The van der Waals surface area contributed by atoms with Crippen molar-refractivity contribution in [2.45, 2.75) is 82.4 Å². The van der Waals surface area contributed by atoms with Crippen LogP contribution in [0.3, 0.4) is 0 Å². The highest BCUT2D eigenvalue weighted by molar-refractivity contribution is 5.35. The minimum atomic E-state index is -4.51. The molecule has 1 spiro atoms. The summed E-state index contributed by atoms with van der Waals surface area (Å²) in [5.74, 6) is 0.619. The fourth-order valence-corrected chi connectivity index (χ4v) is 4.60. The molecule has 2 fully saturated rings. The summed E-state index contributed by atoms with van der Waals surface area (Å²) in [6.45, 7) is 2.88. The summed E-state index contributed by atoms with van der Waals surface area (Å²) in [7, 11) is 0. The zero-order valence-corrected chi connectivity index (χ0v) is 18.5. The first-order valence-corrected chi connectivity index (χ1v) is 11.4. The number of alkyl halides is 3. The molecule has 2 aliphatic rings. The molecule has 1 atom stereocenters. The monoisotopic (exact) mass is 445 g/mol. The van der Waals surface area contributed by atoms with Gasteiger partial charge < -0.3 is 4.74 Å². The van der Waals surface area contributed by atoms with Crippen LogP contribution in [0.25, 0.3) is 0 Å². The van der Waals surface area contributed by atoms with Gasteiger partial charge in [-0.2, -0.15) is 18.4 Å². The molecular formula is C25H30F3N3O. The number of aromatic nitrogens is 2. The van der Waals surface area contributed by atoms with Gasteiger partial charge in [-0.05, 0) is 62.3 Å². The lowest BCUT2D eigenvalue weighted by Crippen LogP contribution is -2.36. The van der Waals surface area contributed by atoms with Crippen LogP contribution in [0.1, 0.15) is 86.7 Å². The van der Waals surface area contributed by atoms with Crippen molar-refractivity contribution >= 4 is 0 Å². The number of rotatable bonds is 4. The van der Waals surface area contributed by atoms with Crippen LogP contribution >= 0.6 is 0 Å². The third kappa shape index (κ3) is 6.29. The van der Waals surface area contributed by atoms with E-state index in [-0.39, 0.29) is 5.60 Å². The van der Waals surface area contributed by atoms with Gasteiger partial charge in [0.2, 0.25) is 0 Å². The number of halogens is 3. The fraction of sp³-hybridized carbons (Fsp3) is 0.560. The Bertz CT molecular complexity index is 903. The van der Waals surface area contributed by atoms with Crippen molar-refractivity contribution in [3.8, 4) is 6.07 Å². The number of hydrogen-bond acceptors (Lipinski definition) is 4. The number of pyridine rings is 2. The summed E-state index contributed by atoms with van der Waals surface area (Å²) in [6.07, 6.45) is 8.53. The first kappa shape index (κ1) is 24.2. The number of hydrogen-bond donors (Lipinski definition) is 0. The van der Waals surface area contributed by atoms with E-state index in [2.05, 4.69) is 22.1 Å². The Hall–Kier alpha value is -2.46. The van der Waals surface area contributed by atoms with Crippen LogP contribution in [0.4, 0.5) is 13.2 Å². The summed E-state index contributed by atoms with van der Waals surface area (Å²) < 4.78 is 43.7. The van der Waals surface area contributed by atoms with Crippen molar-refractivity contribution in [1.29, 1.82) is 5.26 Å². The first-order valence-electron chi connectivity index (χ1n) is 11.4. The minimum absolute atomic E-state index is 0.209. The molecule has 172 valence electrons. The van der Waals surface area contributed by atoms with E-state index in [4.69, 9.17) is 10.00 Å². The molecule has 2 aromatic rings. The number of aryl methyl sites for hydroxylation is 1. The van der Waals surface area contributed by atoms with Crippen molar-refractivity contribution < 1.29 is 17.9 Å². The molecule has 4 nitrogen and oxygen atoms in total. The van der Waals surface area contributed by atoms with Gasteiger partial charge in [-0.15, -0.1) is 0 Å². The van der Waals surface area contributed by atoms with E-state index < -0.39 is 17.4 Å². The molecule has 1 saturated heterocycles. The summed E-state index contributed by atoms with van der Waals surface area (Å²) in [6, 6.07) is 8.73. The van der Waals surface area contributed by atoms with E-state index in [1.807, 2.05) is 19.2 Å². The lowest BCUT2D eigenvalue weighted by Gasteiger charge is -2.38. The molecule has 0 N–H and O–H groups in total. The van der Waals surface area contributed by atoms with Crippen molar-refractivity contribution in [3.05, 3.63) is 59.2 Å². The molecule has 1 aliphatic carbocycles. The second-order valence-electron chi connectivity index (χ2n) is 8.64. The van der Waals surface area contributed by atoms with E-state index >= 15 is 0 Å². The third-order valence-corrected chi connectivity index (χ3v) is 6.29. The maximum Gasteiger partial charge on any atom is 0.419 e. The second-order valence-corrected chi connectivity index (χ2v) is 8.64. The summed E-state index contributed by atoms with van der Waals surface area (Å²) >= 11 is 0. The average molecular weight is 446 g/mol. The Morgan fingerprint density at radius 3 is 2.62 bits per heavy atom. The van der Waals surface area contributed by atoms with Gasteiger partial charge in [0.25, 0.3) is 0 Å². The van der Waals surface area contributed by atoms with Crippen molar-refractivity contribution in [2.75, 3.05) is 6.61 Å². The van der Waals surface area contributed by atoms with Gasteiger partial charge >= 0.3 is 6.18 Å². The van der Waals surface area contributed by atoms with Crippen molar-refractivity contribution in [3.63, 3.8) is 0 Å². The summed E-state index contributed by atoms with van der Waals surface area (Å²) in [5, 5.41) is 8.54. The molecule has 0 radical (unpaired) electrons. The largest absolute Gasteiger partial charge is 0.419 e. The highest BCUT2D eigenvalue weighted by Crippen LogP contribution is 2.44.